The fourth-order valence-corrected chi connectivity index (χ4v) is 4.07. The molecule has 0 spiro atoms. The summed E-state index contributed by atoms with van der Waals surface area (Å²) >= 11 is 8.52. The van der Waals surface area contributed by atoms with Crippen LogP contribution in [0.25, 0.3) is 0 Å². The molecule has 1 saturated heterocycles. The minimum Gasteiger partial charge on any atom is -0.391 e. The van der Waals surface area contributed by atoms with Gasteiger partial charge in [-0.1, -0.05) is 0 Å². The van der Waals surface area contributed by atoms with Gasteiger partial charge < -0.3 is 15.3 Å². The molecule has 1 fully saturated rings. The highest BCUT2D eigenvalue weighted by Gasteiger charge is 2.26. The number of pyridine rings is 1. The van der Waals surface area contributed by atoms with Gasteiger partial charge in [0.25, 0.3) is 5.91 Å². The van der Waals surface area contributed by atoms with Crippen molar-refractivity contribution >= 4 is 56.7 Å². The normalized spacial score (nSPS) is 17.2. The molecule has 1 aliphatic heterocycles. The third-order valence-corrected chi connectivity index (χ3v) is 5.45. The third kappa shape index (κ3) is 5.54. The number of benzene rings is 1. The number of hydrogen-bond donors (Lipinski definition) is 2. The van der Waals surface area contributed by atoms with Crippen LogP contribution in [0.5, 0.6) is 0 Å². The summed E-state index contributed by atoms with van der Waals surface area (Å²) in [6.45, 7) is 1.20. The van der Waals surface area contributed by atoms with E-state index in [1.54, 1.807) is 6.07 Å². The number of thioether (sulfide) groups is 1. The van der Waals surface area contributed by atoms with E-state index in [0.717, 1.165) is 0 Å². The number of aliphatic hydroxyl groups is 1. The van der Waals surface area contributed by atoms with Crippen LogP contribution in [0, 0.1) is 0 Å². The molecule has 27 heavy (non-hydrogen) atoms. The molecule has 1 aromatic carbocycles. The summed E-state index contributed by atoms with van der Waals surface area (Å²) in [5.41, 5.74) is 0.807. The van der Waals surface area contributed by atoms with E-state index in [0.29, 0.717) is 41.1 Å². The first kappa shape index (κ1) is 20.3. The van der Waals surface area contributed by atoms with E-state index in [2.05, 4.69) is 26.2 Å². The Kier molecular flexibility index (Phi) is 6.25. The van der Waals surface area contributed by atoms with Crippen molar-refractivity contribution in [1.29, 1.82) is 0 Å². The molecule has 5 nitrogen and oxygen atoms in total. The molecule has 0 aliphatic carbocycles. The van der Waals surface area contributed by atoms with Crippen LogP contribution in [-0.2, 0) is 0 Å². The Balaban J connectivity index is 1.66. The summed E-state index contributed by atoms with van der Waals surface area (Å²) in [4.78, 5) is 18.9. The number of carbonyl (C=O) groups excluding carboxylic acids is 1. The molecule has 1 aliphatic rings. The number of alkyl halides is 3. The van der Waals surface area contributed by atoms with Gasteiger partial charge in [0.05, 0.1) is 16.1 Å². The standard InChI is InChI=1S/C17H15BrClF2N3O2S/c18-14-7-10(8-22-15(14)24-6-5-12(25)9-24)16(26)23-11-1-3-13(4-2-11)27-17(19,20)21/h1-4,7-8,12,25H,5-6,9H2,(H,23,26)/t12-/m1/s1. The monoisotopic (exact) mass is 477 g/mol. The minimum atomic E-state index is -3.38. The van der Waals surface area contributed by atoms with Crippen LogP contribution in [0.1, 0.15) is 16.8 Å². The van der Waals surface area contributed by atoms with Crippen LogP contribution < -0.4 is 10.2 Å². The van der Waals surface area contributed by atoms with E-state index < -0.39 is 4.71 Å². The number of anilines is 2. The van der Waals surface area contributed by atoms with E-state index >= 15 is 0 Å². The molecule has 144 valence electrons. The zero-order chi connectivity index (χ0) is 19.6. The van der Waals surface area contributed by atoms with Crippen molar-refractivity contribution in [2.24, 2.45) is 0 Å². The summed E-state index contributed by atoms with van der Waals surface area (Å²) in [5.74, 6) is 0.297. The second kappa shape index (κ2) is 8.30. The predicted molar refractivity (Wildman–Crippen MR) is 106 cm³/mol. The van der Waals surface area contributed by atoms with Crippen LogP contribution in [0.4, 0.5) is 20.3 Å². The minimum absolute atomic E-state index is 0.221. The summed E-state index contributed by atoms with van der Waals surface area (Å²) in [6, 6.07) is 7.59. The molecular weight excluding hydrogens is 464 g/mol. The molecule has 10 heteroatoms. The number of halogens is 4. The number of amides is 1. The summed E-state index contributed by atoms with van der Waals surface area (Å²) in [7, 11) is 0. The molecule has 2 heterocycles. The first-order valence-corrected chi connectivity index (χ1v) is 9.96. The van der Waals surface area contributed by atoms with Gasteiger partial charge in [-0.3, -0.25) is 4.79 Å². The third-order valence-electron chi connectivity index (χ3n) is 3.89. The van der Waals surface area contributed by atoms with Gasteiger partial charge >= 0.3 is 4.71 Å². The Labute approximate surface area is 172 Å². The summed E-state index contributed by atoms with van der Waals surface area (Å²) < 4.78 is 22.8. The van der Waals surface area contributed by atoms with Crippen molar-refractivity contribution in [2.75, 3.05) is 23.3 Å². The molecule has 2 aromatic rings. The maximum absolute atomic E-state index is 12.8. The van der Waals surface area contributed by atoms with Gasteiger partial charge in [-0.25, -0.2) is 4.98 Å². The Morgan fingerprint density at radius 3 is 2.67 bits per heavy atom. The first-order chi connectivity index (χ1) is 12.7. The summed E-state index contributed by atoms with van der Waals surface area (Å²) in [5, 5.41) is 12.3. The first-order valence-electron chi connectivity index (χ1n) is 7.97. The lowest BCUT2D eigenvalue weighted by Gasteiger charge is -2.18. The molecule has 1 atom stereocenters. The SMILES string of the molecule is O=C(Nc1ccc(SC(F)(F)Cl)cc1)c1cnc(N2CC[C@@H](O)C2)c(Br)c1. The van der Waals surface area contributed by atoms with Crippen molar-refractivity contribution in [3.63, 3.8) is 0 Å². The molecule has 0 radical (unpaired) electrons. The second-order valence-electron chi connectivity index (χ2n) is 5.94. The van der Waals surface area contributed by atoms with Crippen LogP contribution in [0.15, 0.2) is 45.9 Å². The predicted octanol–water partition coefficient (Wildman–Crippen LogP) is 4.55. The van der Waals surface area contributed by atoms with E-state index in [-0.39, 0.29) is 28.7 Å². The molecule has 2 N–H and O–H groups in total. The average Bonchev–Trinajstić information content (AvgIpc) is 3.01. The second-order valence-corrected chi connectivity index (χ2v) is 8.69. The maximum Gasteiger partial charge on any atom is 0.375 e. The van der Waals surface area contributed by atoms with Crippen molar-refractivity contribution in [1.82, 2.24) is 4.98 Å². The zero-order valence-corrected chi connectivity index (χ0v) is 17.0. The lowest BCUT2D eigenvalue weighted by Crippen LogP contribution is -2.23. The van der Waals surface area contributed by atoms with Gasteiger partial charge in [0.15, 0.2) is 0 Å². The topological polar surface area (TPSA) is 65.5 Å². The van der Waals surface area contributed by atoms with E-state index in [1.165, 1.54) is 30.5 Å². The maximum atomic E-state index is 12.8. The van der Waals surface area contributed by atoms with E-state index in [4.69, 9.17) is 11.6 Å². The number of aliphatic hydroxyl groups excluding tert-OH is 1. The number of hydrogen-bond acceptors (Lipinski definition) is 5. The van der Waals surface area contributed by atoms with Crippen LogP contribution in [0.2, 0.25) is 0 Å². The molecule has 3 rings (SSSR count). The Morgan fingerprint density at radius 1 is 1.41 bits per heavy atom. The van der Waals surface area contributed by atoms with Gasteiger partial charge in [0, 0.05) is 29.9 Å². The Morgan fingerprint density at radius 2 is 2.11 bits per heavy atom. The van der Waals surface area contributed by atoms with Crippen molar-refractivity contribution in [2.45, 2.75) is 22.1 Å². The number of nitrogens with one attached hydrogen (secondary N) is 1. The molecule has 0 unspecified atom stereocenters. The van der Waals surface area contributed by atoms with Gasteiger partial charge in [-0.15, -0.1) is 0 Å². The van der Waals surface area contributed by atoms with Crippen LogP contribution >= 0.6 is 39.3 Å². The average molecular weight is 479 g/mol. The quantitative estimate of drug-likeness (QED) is 0.488. The van der Waals surface area contributed by atoms with Gasteiger partial charge in [-0.05, 0) is 76.0 Å². The number of β-amino-alcohol motifs (C(OH)–C–C–N with tert-alkyl or cyclic N) is 1. The highest BCUT2D eigenvalue weighted by molar-refractivity contribution is 9.10. The molecule has 0 saturated carbocycles. The van der Waals surface area contributed by atoms with Gasteiger partial charge in [0.2, 0.25) is 0 Å². The van der Waals surface area contributed by atoms with Gasteiger partial charge in [-0.2, -0.15) is 8.78 Å². The smallest absolute Gasteiger partial charge is 0.375 e. The van der Waals surface area contributed by atoms with Crippen molar-refractivity contribution in [3.8, 4) is 0 Å². The Hall–Kier alpha value is -1.42. The number of aromatic nitrogens is 1. The van der Waals surface area contributed by atoms with Gasteiger partial charge in [0.1, 0.15) is 5.82 Å². The molecular formula is C17H15BrClF2N3O2S. The van der Waals surface area contributed by atoms with Crippen molar-refractivity contribution in [3.05, 3.63) is 46.6 Å². The van der Waals surface area contributed by atoms with Crippen molar-refractivity contribution < 1.29 is 18.7 Å². The summed E-state index contributed by atoms with van der Waals surface area (Å²) in [6.07, 6.45) is 1.76. The highest BCUT2D eigenvalue weighted by Crippen LogP contribution is 2.39. The lowest BCUT2D eigenvalue weighted by atomic mass is 10.2. The number of carbonyl (C=O) groups is 1. The molecule has 1 amide bonds. The molecule has 0 bridgehead atoms. The van der Waals surface area contributed by atoms with Crippen LogP contribution in [-0.4, -0.2) is 39.9 Å². The Bertz CT molecular complexity index is 836. The van der Waals surface area contributed by atoms with Crippen LogP contribution in [0.3, 0.4) is 0 Å². The fraction of sp³-hybridized carbons (Fsp3) is 0.294. The number of rotatable bonds is 5. The molecule has 1 aromatic heterocycles. The van der Waals surface area contributed by atoms with E-state index in [1.807, 2.05) is 4.90 Å². The lowest BCUT2D eigenvalue weighted by molar-refractivity contribution is 0.102. The largest absolute Gasteiger partial charge is 0.391 e. The van der Waals surface area contributed by atoms with E-state index in [9.17, 15) is 18.7 Å². The number of nitrogens with zero attached hydrogens (tertiary/aromatic N) is 2. The fourth-order valence-electron chi connectivity index (χ4n) is 2.66. The zero-order valence-electron chi connectivity index (χ0n) is 13.8. The highest BCUT2D eigenvalue weighted by atomic mass is 79.9.